The topological polar surface area (TPSA) is 110 Å². The van der Waals surface area contributed by atoms with E-state index in [4.69, 9.17) is 4.98 Å². The Balaban J connectivity index is 1.59. The van der Waals surface area contributed by atoms with Crippen molar-refractivity contribution in [3.63, 3.8) is 0 Å². The summed E-state index contributed by atoms with van der Waals surface area (Å²) in [4.78, 5) is 53.7. The first-order valence-corrected chi connectivity index (χ1v) is 19.5. The number of hydrogen-bond donors (Lipinski definition) is 2. The molecule has 268 valence electrons. The van der Waals surface area contributed by atoms with Gasteiger partial charge in [-0.1, -0.05) is 115 Å². The van der Waals surface area contributed by atoms with Crippen LogP contribution in [-0.2, 0) is 13.1 Å². The Morgan fingerprint density at radius 3 is 1.85 bits per heavy atom. The number of pyridine rings is 2. The van der Waals surface area contributed by atoms with Crippen molar-refractivity contribution in [3.05, 3.63) is 79.6 Å². The minimum atomic E-state index is -0.362. The molecule has 0 spiro atoms. The second-order valence-electron chi connectivity index (χ2n) is 15.0. The maximum atomic E-state index is 15.1. The van der Waals surface area contributed by atoms with Gasteiger partial charge in [0.1, 0.15) is 0 Å². The van der Waals surface area contributed by atoms with Crippen molar-refractivity contribution in [1.82, 2.24) is 19.1 Å². The summed E-state index contributed by atoms with van der Waals surface area (Å²) in [5, 5.41) is 17.8. The van der Waals surface area contributed by atoms with Crippen molar-refractivity contribution < 1.29 is 5.11 Å². The van der Waals surface area contributed by atoms with Crippen molar-refractivity contribution in [2.75, 3.05) is 0 Å². The molecule has 2 unspecified atom stereocenters. The van der Waals surface area contributed by atoms with Crippen LogP contribution in [0.25, 0.3) is 75.9 Å². The molecule has 4 aromatic carbocycles. The number of nitrogens with one attached hydrogen (secondary N) is 1. The number of nitrogens with zero attached hydrogens (tertiary/aromatic N) is 3. The number of aromatic nitrogens is 4. The highest BCUT2D eigenvalue weighted by atomic mass is 16.3. The van der Waals surface area contributed by atoms with E-state index < -0.39 is 0 Å². The van der Waals surface area contributed by atoms with Crippen molar-refractivity contribution >= 4 is 75.9 Å². The summed E-state index contributed by atoms with van der Waals surface area (Å²) in [6.45, 7) is 9.31. The summed E-state index contributed by atoms with van der Waals surface area (Å²) < 4.78 is 2.99. The Hall–Kier alpha value is -4.98. The van der Waals surface area contributed by atoms with Gasteiger partial charge in [0.2, 0.25) is 5.88 Å². The summed E-state index contributed by atoms with van der Waals surface area (Å²) in [5.41, 5.74) is 1.51. The zero-order chi connectivity index (χ0) is 36.3. The summed E-state index contributed by atoms with van der Waals surface area (Å²) in [5.74, 6) is 0.196. The first kappa shape index (κ1) is 34.1. The van der Waals surface area contributed by atoms with Crippen molar-refractivity contribution in [2.24, 2.45) is 11.8 Å². The SMILES string of the molecule is CCCCCC(CC)Cn1c(O)c2c3nc4ccccc4c3c3c(=O)n(CC(CC)CCCCC)c(=O)c4c5[nH]c6ccccc6c5c(c1=O)c2c43. The van der Waals surface area contributed by atoms with Gasteiger partial charge in [0.05, 0.1) is 38.1 Å². The van der Waals surface area contributed by atoms with E-state index >= 15 is 9.59 Å². The number of aromatic hydroxyl groups is 1. The zero-order valence-corrected chi connectivity index (χ0v) is 30.8. The molecule has 0 radical (unpaired) electrons. The fourth-order valence-corrected chi connectivity index (χ4v) is 9.01. The Morgan fingerprint density at radius 1 is 0.615 bits per heavy atom. The largest absolute Gasteiger partial charge is 0.494 e. The van der Waals surface area contributed by atoms with Gasteiger partial charge in [0, 0.05) is 50.9 Å². The Labute approximate surface area is 301 Å². The molecule has 2 atom stereocenters. The van der Waals surface area contributed by atoms with E-state index in [1.54, 1.807) is 4.57 Å². The van der Waals surface area contributed by atoms with Crippen LogP contribution in [0, 0.1) is 11.8 Å². The minimum Gasteiger partial charge on any atom is -0.494 e. The van der Waals surface area contributed by atoms with Crippen molar-refractivity contribution in [1.29, 1.82) is 0 Å². The maximum absolute atomic E-state index is 15.1. The second kappa shape index (κ2) is 13.5. The summed E-state index contributed by atoms with van der Waals surface area (Å²) >= 11 is 0. The van der Waals surface area contributed by atoms with E-state index in [9.17, 15) is 9.90 Å². The average Bonchev–Trinajstić information content (AvgIpc) is 3.73. The molecule has 2 N–H and O–H groups in total. The molecular weight excluding hydrogens is 649 g/mol. The van der Waals surface area contributed by atoms with Crippen LogP contribution in [0.1, 0.15) is 91.9 Å². The van der Waals surface area contributed by atoms with Gasteiger partial charge >= 0.3 is 0 Å². The number of para-hydroxylation sites is 2. The molecule has 4 aromatic heterocycles. The molecule has 0 fully saturated rings. The van der Waals surface area contributed by atoms with Crippen molar-refractivity contribution in [3.8, 4) is 5.88 Å². The molecule has 4 heterocycles. The van der Waals surface area contributed by atoms with Crippen LogP contribution in [0.15, 0.2) is 62.9 Å². The highest BCUT2D eigenvalue weighted by Gasteiger charge is 2.31. The van der Waals surface area contributed by atoms with Gasteiger partial charge in [0.15, 0.2) is 0 Å². The number of rotatable bonds is 14. The predicted molar refractivity (Wildman–Crippen MR) is 216 cm³/mol. The predicted octanol–water partition coefficient (Wildman–Crippen LogP) is 9.96. The van der Waals surface area contributed by atoms with Crippen LogP contribution in [-0.4, -0.2) is 24.2 Å². The molecule has 0 aliphatic heterocycles. The molecule has 8 aromatic rings. The van der Waals surface area contributed by atoms with Gasteiger partial charge in [-0.15, -0.1) is 0 Å². The zero-order valence-electron chi connectivity index (χ0n) is 30.8. The fraction of sp³-hybridized carbons (Fsp3) is 0.409. The lowest BCUT2D eigenvalue weighted by atomic mass is 9.89. The van der Waals surface area contributed by atoms with Crippen LogP contribution in [0.4, 0.5) is 0 Å². The molecule has 8 heteroatoms. The van der Waals surface area contributed by atoms with Gasteiger partial charge in [-0.25, -0.2) is 4.98 Å². The van der Waals surface area contributed by atoms with Crippen LogP contribution in [0.2, 0.25) is 0 Å². The van der Waals surface area contributed by atoms with E-state index in [1.807, 2.05) is 48.5 Å². The van der Waals surface area contributed by atoms with E-state index in [-0.39, 0.29) is 34.4 Å². The number of unbranched alkanes of at least 4 members (excludes halogenated alkanes) is 4. The number of H-pyrrole nitrogens is 1. The third-order valence-electron chi connectivity index (χ3n) is 11.9. The van der Waals surface area contributed by atoms with Crippen LogP contribution in [0.5, 0.6) is 5.88 Å². The van der Waals surface area contributed by atoms with Gasteiger partial charge < -0.3 is 10.1 Å². The lowest BCUT2D eigenvalue weighted by molar-refractivity contribution is 0.343. The second-order valence-corrected chi connectivity index (χ2v) is 15.0. The van der Waals surface area contributed by atoms with E-state index in [0.717, 1.165) is 80.5 Å². The van der Waals surface area contributed by atoms with Gasteiger partial charge in [-0.2, -0.15) is 0 Å². The highest BCUT2D eigenvalue weighted by Crippen LogP contribution is 2.47. The molecule has 0 saturated heterocycles. The third-order valence-corrected chi connectivity index (χ3v) is 11.9. The normalized spacial score (nSPS) is 13.7. The Bertz CT molecular complexity index is 2790. The lowest BCUT2D eigenvalue weighted by Crippen LogP contribution is -2.36. The Morgan fingerprint density at radius 2 is 1.17 bits per heavy atom. The van der Waals surface area contributed by atoms with Gasteiger partial charge in [-0.3, -0.25) is 23.5 Å². The van der Waals surface area contributed by atoms with E-state index in [0.29, 0.717) is 72.7 Å². The number of hydrogen-bond acceptors (Lipinski definition) is 5. The fourth-order valence-electron chi connectivity index (χ4n) is 9.01. The first-order valence-electron chi connectivity index (χ1n) is 19.5. The summed E-state index contributed by atoms with van der Waals surface area (Å²) in [6.07, 6.45) is 10.1. The monoisotopic (exact) mass is 696 g/mol. The molecular formula is C44H48N4O4. The standard InChI is InChI=1S/C44H48N4O4/c1-5-9-11-17-25(7-3)23-47-41(49)35-31-27-19-13-15-21-29(27)46-40(31)38-34-33(35)37(43(47)51)39-32(28-20-14-16-22-30(28)45-39)36(34)42(50)48(44(38)52)24-26(8-4)18-12-10-6-2/h13-16,19-22,25-26,45,52H,5-12,17-18,23-24H2,1-4H3. The minimum absolute atomic E-state index is 0.153. The van der Waals surface area contributed by atoms with Gasteiger partial charge in [0.25, 0.3) is 16.7 Å². The lowest BCUT2D eigenvalue weighted by Gasteiger charge is -2.22. The van der Waals surface area contributed by atoms with E-state index in [2.05, 4.69) is 32.7 Å². The first-order chi connectivity index (χ1) is 25.3. The van der Waals surface area contributed by atoms with Crippen molar-refractivity contribution in [2.45, 2.75) is 105 Å². The Kier molecular flexibility index (Phi) is 8.88. The average molecular weight is 697 g/mol. The third kappa shape index (κ3) is 5.08. The molecule has 0 aliphatic carbocycles. The maximum Gasteiger partial charge on any atom is 0.263 e. The summed E-state index contributed by atoms with van der Waals surface area (Å²) in [7, 11) is 0. The molecule has 0 amide bonds. The number of aromatic amines is 1. The molecule has 0 saturated carbocycles. The quantitative estimate of drug-likeness (QED) is 0.0869. The molecule has 52 heavy (non-hydrogen) atoms. The smallest absolute Gasteiger partial charge is 0.263 e. The number of benzene rings is 4. The van der Waals surface area contributed by atoms with E-state index in [1.165, 1.54) is 4.57 Å². The molecule has 8 nitrogen and oxygen atoms in total. The molecule has 0 bridgehead atoms. The molecule has 0 aliphatic rings. The highest BCUT2D eigenvalue weighted by molar-refractivity contribution is 6.44. The summed E-state index contributed by atoms with van der Waals surface area (Å²) in [6, 6.07) is 15.5. The number of fused-ring (bicyclic) bond motifs is 10. The molecule has 8 rings (SSSR count). The van der Waals surface area contributed by atoms with Crippen LogP contribution >= 0.6 is 0 Å². The van der Waals surface area contributed by atoms with Crippen LogP contribution in [0.3, 0.4) is 0 Å². The van der Waals surface area contributed by atoms with Gasteiger partial charge in [-0.05, 0) is 36.8 Å². The van der Waals surface area contributed by atoms with Crippen LogP contribution < -0.4 is 16.7 Å².